The molecule has 2 heterocycles. The Balaban J connectivity index is 1.70. The van der Waals surface area contributed by atoms with Gasteiger partial charge in [-0.25, -0.2) is 0 Å². The van der Waals surface area contributed by atoms with Crippen LogP contribution in [0.4, 0.5) is 0 Å². The summed E-state index contributed by atoms with van der Waals surface area (Å²) in [5.74, 6) is 0.00856. The molecule has 0 saturated carbocycles. The van der Waals surface area contributed by atoms with Gasteiger partial charge in [-0.15, -0.1) is 0 Å². The fraction of sp³-hybridized carbons (Fsp3) is 0.438. The summed E-state index contributed by atoms with van der Waals surface area (Å²) in [6.07, 6.45) is 4.13. The quantitative estimate of drug-likeness (QED) is 0.802. The van der Waals surface area contributed by atoms with Gasteiger partial charge in [0.25, 0.3) is 5.91 Å². The van der Waals surface area contributed by atoms with Crippen LogP contribution in [-0.4, -0.2) is 30.5 Å². The van der Waals surface area contributed by atoms with Crippen molar-refractivity contribution in [3.63, 3.8) is 0 Å². The average molecular weight is 271 g/mol. The maximum atomic E-state index is 12.4. The third-order valence-electron chi connectivity index (χ3n) is 4.20. The van der Waals surface area contributed by atoms with Gasteiger partial charge in [0.05, 0.1) is 5.56 Å². The second kappa shape index (κ2) is 5.29. The standard InChI is InChI=1S/C16H21N3O/c1-16(7-4-8-17-10-16)11-19-15(20)13-9-18-14-6-3-2-5-12(13)14/h2-3,5-6,9,17-18H,4,7-8,10-11H2,1H3,(H,19,20). The first-order valence-electron chi connectivity index (χ1n) is 7.23. The number of aromatic amines is 1. The summed E-state index contributed by atoms with van der Waals surface area (Å²) in [6.45, 7) is 5.01. The predicted octanol–water partition coefficient (Wildman–Crippen LogP) is 2.29. The Morgan fingerprint density at radius 2 is 2.25 bits per heavy atom. The number of carbonyl (C=O) groups excluding carboxylic acids is 1. The topological polar surface area (TPSA) is 56.9 Å². The molecule has 1 aliphatic rings. The second-order valence-electron chi connectivity index (χ2n) is 6.02. The molecule has 1 unspecified atom stereocenters. The minimum absolute atomic E-state index is 0.00856. The van der Waals surface area contributed by atoms with Crippen LogP contribution in [0.1, 0.15) is 30.1 Å². The van der Waals surface area contributed by atoms with Gasteiger partial charge in [-0.05, 0) is 30.9 Å². The number of piperidine rings is 1. The highest BCUT2D eigenvalue weighted by molar-refractivity contribution is 6.06. The molecule has 20 heavy (non-hydrogen) atoms. The zero-order valence-corrected chi connectivity index (χ0v) is 11.8. The van der Waals surface area contributed by atoms with Crippen molar-refractivity contribution in [3.05, 3.63) is 36.0 Å². The Morgan fingerprint density at radius 3 is 3.05 bits per heavy atom. The Bertz CT molecular complexity index is 611. The minimum atomic E-state index is 0.00856. The zero-order chi connectivity index (χ0) is 14.0. The summed E-state index contributed by atoms with van der Waals surface area (Å²) in [6, 6.07) is 7.89. The molecule has 1 atom stereocenters. The molecule has 4 heteroatoms. The summed E-state index contributed by atoms with van der Waals surface area (Å²) in [5.41, 5.74) is 1.90. The van der Waals surface area contributed by atoms with Gasteiger partial charge in [-0.3, -0.25) is 4.79 Å². The first-order valence-corrected chi connectivity index (χ1v) is 7.23. The Labute approximate surface area is 118 Å². The Hall–Kier alpha value is -1.81. The molecule has 0 bridgehead atoms. The van der Waals surface area contributed by atoms with E-state index in [0.717, 1.165) is 42.5 Å². The first-order chi connectivity index (χ1) is 9.68. The SMILES string of the molecule is CC1(CNC(=O)c2c[nH]c3ccccc23)CCCNC1. The number of hydrogen-bond donors (Lipinski definition) is 3. The van der Waals surface area contributed by atoms with E-state index in [-0.39, 0.29) is 11.3 Å². The summed E-state index contributed by atoms with van der Waals surface area (Å²) in [7, 11) is 0. The maximum Gasteiger partial charge on any atom is 0.253 e. The number of amides is 1. The van der Waals surface area contributed by atoms with Crippen molar-refractivity contribution in [3.8, 4) is 0 Å². The van der Waals surface area contributed by atoms with Crippen LogP contribution in [0, 0.1) is 5.41 Å². The van der Waals surface area contributed by atoms with E-state index >= 15 is 0 Å². The van der Waals surface area contributed by atoms with Gasteiger partial charge >= 0.3 is 0 Å². The zero-order valence-electron chi connectivity index (χ0n) is 11.8. The van der Waals surface area contributed by atoms with Gasteiger partial charge in [0.1, 0.15) is 0 Å². The van der Waals surface area contributed by atoms with E-state index in [9.17, 15) is 4.79 Å². The highest BCUT2D eigenvalue weighted by atomic mass is 16.1. The number of aromatic nitrogens is 1. The lowest BCUT2D eigenvalue weighted by Gasteiger charge is -2.34. The summed E-state index contributed by atoms with van der Waals surface area (Å²) >= 11 is 0. The molecule has 1 aromatic heterocycles. The van der Waals surface area contributed by atoms with Crippen LogP contribution in [0.3, 0.4) is 0 Å². The average Bonchev–Trinajstić information content (AvgIpc) is 2.90. The van der Waals surface area contributed by atoms with E-state index in [4.69, 9.17) is 0 Å². The molecule has 1 saturated heterocycles. The fourth-order valence-electron chi connectivity index (χ4n) is 2.92. The lowest BCUT2D eigenvalue weighted by atomic mass is 9.83. The van der Waals surface area contributed by atoms with Crippen LogP contribution in [0.15, 0.2) is 30.5 Å². The number of carbonyl (C=O) groups is 1. The van der Waals surface area contributed by atoms with Crippen LogP contribution in [-0.2, 0) is 0 Å². The second-order valence-corrected chi connectivity index (χ2v) is 6.02. The van der Waals surface area contributed by atoms with Gasteiger partial charge in [-0.1, -0.05) is 25.1 Å². The van der Waals surface area contributed by atoms with E-state index < -0.39 is 0 Å². The molecule has 1 aromatic carbocycles. The molecule has 0 radical (unpaired) electrons. The van der Waals surface area contributed by atoms with Gasteiger partial charge < -0.3 is 15.6 Å². The van der Waals surface area contributed by atoms with Crippen LogP contribution in [0.5, 0.6) is 0 Å². The molecule has 2 aromatic rings. The molecular formula is C16H21N3O. The van der Waals surface area contributed by atoms with E-state index in [1.165, 1.54) is 6.42 Å². The van der Waals surface area contributed by atoms with Crippen molar-refractivity contribution in [2.75, 3.05) is 19.6 Å². The van der Waals surface area contributed by atoms with Crippen molar-refractivity contribution < 1.29 is 4.79 Å². The monoisotopic (exact) mass is 271 g/mol. The molecule has 3 rings (SSSR count). The van der Waals surface area contributed by atoms with Crippen LogP contribution in [0.25, 0.3) is 10.9 Å². The van der Waals surface area contributed by atoms with E-state index in [1.54, 1.807) is 6.20 Å². The third kappa shape index (κ3) is 2.56. The molecule has 106 valence electrons. The summed E-state index contributed by atoms with van der Waals surface area (Å²) in [5, 5.41) is 7.48. The van der Waals surface area contributed by atoms with Crippen LogP contribution in [0.2, 0.25) is 0 Å². The fourth-order valence-corrected chi connectivity index (χ4v) is 2.92. The highest BCUT2D eigenvalue weighted by Gasteiger charge is 2.27. The molecule has 3 N–H and O–H groups in total. The molecule has 1 aliphatic heterocycles. The molecule has 0 spiro atoms. The van der Waals surface area contributed by atoms with E-state index in [0.29, 0.717) is 0 Å². The van der Waals surface area contributed by atoms with Gasteiger partial charge in [-0.2, -0.15) is 0 Å². The van der Waals surface area contributed by atoms with Crippen LogP contribution >= 0.6 is 0 Å². The molecular weight excluding hydrogens is 250 g/mol. The molecule has 1 fully saturated rings. The number of hydrogen-bond acceptors (Lipinski definition) is 2. The Morgan fingerprint density at radius 1 is 1.40 bits per heavy atom. The van der Waals surface area contributed by atoms with E-state index in [2.05, 4.69) is 22.5 Å². The van der Waals surface area contributed by atoms with Crippen LogP contribution < -0.4 is 10.6 Å². The van der Waals surface area contributed by atoms with Gasteiger partial charge in [0, 0.05) is 30.2 Å². The van der Waals surface area contributed by atoms with Crippen molar-refractivity contribution in [2.45, 2.75) is 19.8 Å². The van der Waals surface area contributed by atoms with Crippen molar-refractivity contribution in [1.29, 1.82) is 0 Å². The predicted molar refractivity (Wildman–Crippen MR) is 80.8 cm³/mol. The molecule has 4 nitrogen and oxygen atoms in total. The number of fused-ring (bicyclic) bond motifs is 1. The number of benzene rings is 1. The number of rotatable bonds is 3. The summed E-state index contributed by atoms with van der Waals surface area (Å²) in [4.78, 5) is 15.5. The highest BCUT2D eigenvalue weighted by Crippen LogP contribution is 2.24. The first kappa shape index (κ1) is 13.2. The van der Waals surface area contributed by atoms with Gasteiger partial charge in [0.2, 0.25) is 0 Å². The third-order valence-corrected chi connectivity index (χ3v) is 4.20. The molecule has 0 aliphatic carbocycles. The normalized spacial score (nSPS) is 22.9. The number of H-pyrrole nitrogens is 1. The lowest BCUT2D eigenvalue weighted by molar-refractivity contribution is 0.0926. The number of para-hydroxylation sites is 1. The summed E-state index contributed by atoms with van der Waals surface area (Å²) < 4.78 is 0. The van der Waals surface area contributed by atoms with Gasteiger partial charge in [0.15, 0.2) is 0 Å². The van der Waals surface area contributed by atoms with E-state index in [1.807, 2.05) is 24.3 Å². The minimum Gasteiger partial charge on any atom is -0.360 e. The van der Waals surface area contributed by atoms with Crippen molar-refractivity contribution in [1.82, 2.24) is 15.6 Å². The smallest absolute Gasteiger partial charge is 0.253 e. The largest absolute Gasteiger partial charge is 0.360 e. The molecule has 1 amide bonds. The lowest BCUT2D eigenvalue weighted by Crippen LogP contribution is -2.45. The van der Waals surface area contributed by atoms with Crippen molar-refractivity contribution >= 4 is 16.8 Å². The number of nitrogens with one attached hydrogen (secondary N) is 3. The maximum absolute atomic E-state index is 12.4. The van der Waals surface area contributed by atoms with Crippen molar-refractivity contribution in [2.24, 2.45) is 5.41 Å². The Kier molecular flexibility index (Phi) is 3.49.